The summed E-state index contributed by atoms with van der Waals surface area (Å²) in [5, 5.41) is 9.20. The lowest BCUT2D eigenvalue weighted by molar-refractivity contribution is -0.140. The summed E-state index contributed by atoms with van der Waals surface area (Å²) in [4.78, 5) is 11.2. The fourth-order valence-electron chi connectivity index (χ4n) is 2.04. The number of halogens is 1. The zero-order chi connectivity index (χ0) is 12.6. The first-order valence-corrected chi connectivity index (χ1v) is 5.21. The van der Waals surface area contributed by atoms with Gasteiger partial charge in [0.2, 0.25) is 0 Å². The topological polar surface area (TPSA) is 55.8 Å². The van der Waals surface area contributed by atoms with Gasteiger partial charge in [-0.25, -0.2) is 4.39 Å². The number of rotatable bonds is 4. The molecule has 0 unspecified atom stereocenters. The molecule has 0 radical (unpaired) electrons. The number of carboxylic acids is 1. The van der Waals surface area contributed by atoms with Gasteiger partial charge in [0.05, 0.1) is 25.2 Å². The molecule has 92 valence electrons. The predicted octanol–water partition coefficient (Wildman–Crippen LogP) is 1.96. The second-order valence-electron chi connectivity index (χ2n) is 4.05. The number of hydrogen-bond donors (Lipinski definition) is 1. The molecule has 0 bridgehead atoms. The van der Waals surface area contributed by atoms with Crippen LogP contribution in [0.5, 0.6) is 11.5 Å². The summed E-state index contributed by atoms with van der Waals surface area (Å²) in [6.45, 7) is 0. The number of hydrogen-bond acceptors (Lipinski definition) is 3. The second kappa shape index (κ2) is 3.91. The van der Waals surface area contributed by atoms with Gasteiger partial charge in [0, 0.05) is 0 Å². The molecule has 0 spiro atoms. The Balaban J connectivity index is 2.63. The van der Waals surface area contributed by atoms with Gasteiger partial charge in [0.1, 0.15) is 5.82 Å². The Hall–Kier alpha value is -1.78. The Labute approximate surface area is 98.0 Å². The molecule has 1 aliphatic carbocycles. The molecule has 0 aliphatic heterocycles. The van der Waals surface area contributed by atoms with Crippen LogP contribution in [0.4, 0.5) is 4.39 Å². The molecule has 1 fully saturated rings. The zero-order valence-corrected chi connectivity index (χ0v) is 9.62. The molecular weight excluding hydrogens is 227 g/mol. The number of carbonyl (C=O) groups is 1. The van der Waals surface area contributed by atoms with Crippen LogP contribution >= 0.6 is 0 Å². The van der Waals surface area contributed by atoms with Crippen molar-refractivity contribution in [3.63, 3.8) is 0 Å². The van der Waals surface area contributed by atoms with Crippen LogP contribution in [0.15, 0.2) is 12.1 Å². The number of ether oxygens (including phenoxy) is 2. The van der Waals surface area contributed by atoms with E-state index in [2.05, 4.69) is 0 Å². The van der Waals surface area contributed by atoms with Gasteiger partial charge in [0.25, 0.3) is 0 Å². The summed E-state index contributed by atoms with van der Waals surface area (Å²) in [6, 6.07) is 2.63. The Morgan fingerprint density at radius 2 is 2.00 bits per heavy atom. The van der Waals surface area contributed by atoms with E-state index in [1.807, 2.05) is 0 Å². The molecule has 1 aromatic rings. The summed E-state index contributed by atoms with van der Waals surface area (Å²) in [5.74, 6) is -1.07. The van der Waals surface area contributed by atoms with Crippen molar-refractivity contribution in [3.05, 3.63) is 23.5 Å². The zero-order valence-electron chi connectivity index (χ0n) is 9.62. The van der Waals surface area contributed by atoms with Crippen LogP contribution in [0.1, 0.15) is 18.4 Å². The predicted molar refractivity (Wildman–Crippen MR) is 58.1 cm³/mol. The maximum absolute atomic E-state index is 13.9. The van der Waals surface area contributed by atoms with Gasteiger partial charge < -0.3 is 14.6 Å². The van der Waals surface area contributed by atoms with E-state index in [1.165, 1.54) is 26.4 Å². The van der Waals surface area contributed by atoms with Crippen LogP contribution in [0.2, 0.25) is 0 Å². The maximum atomic E-state index is 13.9. The van der Waals surface area contributed by atoms with E-state index in [0.717, 1.165) is 0 Å². The normalized spacial score (nSPS) is 16.4. The van der Waals surface area contributed by atoms with Crippen LogP contribution in [-0.4, -0.2) is 25.3 Å². The van der Waals surface area contributed by atoms with Gasteiger partial charge in [0.15, 0.2) is 11.5 Å². The van der Waals surface area contributed by atoms with Crippen LogP contribution < -0.4 is 9.47 Å². The fraction of sp³-hybridized carbons (Fsp3) is 0.417. The van der Waals surface area contributed by atoms with Crippen molar-refractivity contribution in [2.24, 2.45) is 0 Å². The van der Waals surface area contributed by atoms with E-state index in [4.69, 9.17) is 9.47 Å². The van der Waals surface area contributed by atoms with Gasteiger partial charge in [-0.05, 0) is 25.0 Å². The third-order valence-corrected chi connectivity index (χ3v) is 3.13. The largest absolute Gasteiger partial charge is 0.493 e. The molecule has 17 heavy (non-hydrogen) atoms. The second-order valence-corrected chi connectivity index (χ2v) is 4.05. The highest BCUT2D eigenvalue weighted by Gasteiger charge is 2.55. The molecule has 1 aromatic carbocycles. The first kappa shape index (κ1) is 11.7. The lowest BCUT2D eigenvalue weighted by atomic mass is 9.94. The summed E-state index contributed by atoms with van der Waals surface area (Å²) >= 11 is 0. The fourth-order valence-corrected chi connectivity index (χ4v) is 2.04. The van der Waals surface area contributed by atoms with Crippen LogP contribution in [0.25, 0.3) is 0 Å². The van der Waals surface area contributed by atoms with E-state index in [1.54, 1.807) is 0 Å². The first-order chi connectivity index (χ1) is 8.06. The Morgan fingerprint density at radius 1 is 1.35 bits per heavy atom. The molecule has 1 saturated carbocycles. The summed E-state index contributed by atoms with van der Waals surface area (Å²) in [5.41, 5.74) is -1.06. The van der Waals surface area contributed by atoms with Crippen molar-refractivity contribution in [3.8, 4) is 11.5 Å². The molecule has 0 heterocycles. The van der Waals surface area contributed by atoms with Crippen LogP contribution in [0, 0.1) is 5.82 Å². The van der Waals surface area contributed by atoms with E-state index in [9.17, 15) is 14.3 Å². The number of aliphatic carboxylic acids is 1. The number of carboxylic acid groups (broad SMARTS) is 1. The SMILES string of the molecule is COc1ccc(F)c(C2(C(=O)O)CC2)c1OC. The van der Waals surface area contributed by atoms with Crippen molar-refractivity contribution in [1.82, 2.24) is 0 Å². The Bertz CT molecular complexity index is 466. The molecule has 5 heteroatoms. The van der Waals surface area contributed by atoms with E-state index in [0.29, 0.717) is 18.6 Å². The highest BCUT2D eigenvalue weighted by molar-refractivity contribution is 5.86. The standard InChI is InChI=1S/C12H13FO4/c1-16-8-4-3-7(13)9(10(8)17-2)12(5-6-12)11(14)15/h3-4H,5-6H2,1-2H3,(H,14,15). The van der Waals surface area contributed by atoms with Crippen molar-refractivity contribution >= 4 is 5.97 Å². The Kier molecular flexibility index (Phi) is 2.69. The summed E-state index contributed by atoms with van der Waals surface area (Å²) in [7, 11) is 2.80. The molecule has 2 rings (SSSR count). The van der Waals surface area contributed by atoms with Crippen molar-refractivity contribution in [1.29, 1.82) is 0 Å². The van der Waals surface area contributed by atoms with Gasteiger partial charge in [-0.2, -0.15) is 0 Å². The third-order valence-electron chi connectivity index (χ3n) is 3.13. The van der Waals surface area contributed by atoms with Gasteiger partial charge in [-0.15, -0.1) is 0 Å². The smallest absolute Gasteiger partial charge is 0.314 e. The minimum atomic E-state index is -1.15. The monoisotopic (exact) mass is 240 g/mol. The average molecular weight is 240 g/mol. The molecule has 0 saturated heterocycles. The maximum Gasteiger partial charge on any atom is 0.314 e. The van der Waals surface area contributed by atoms with Crippen LogP contribution in [-0.2, 0) is 10.2 Å². The molecule has 1 N–H and O–H groups in total. The molecule has 0 atom stereocenters. The summed E-state index contributed by atoms with van der Waals surface area (Å²) in [6.07, 6.45) is 0.839. The lowest BCUT2D eigenvalue weighted by Crippen LogP contribution is -2.22. The average Bonchev–Trinajstić information content (AvgIpc) is 3.09. The first-order valence-electron chi connectivity index (χ1n) is 5.21. The van der Waals surface area contributed by atoms with E-state index >= 15 is 0 Å². The minimum absolute atomic E-state index is 0.0897. The summed E-state index contributed by atoms with van der Waals surface area (Å²) < 4.78 is 24.0. The number of methoxy groups -OCH3 is 2. The lowest BCUT2D eigenvalue weighted by Gasteiger charge is -2.18. The highest BCUT2D eigenvalue weighted by atomic mass is 19.1. The molecule has 4 nitrogen and oxygen atoms in total. The van der Waals surface area contributed by atoms with Gasteiger partial charge >= 0.3 is 5.97 Å². The van der Waals surface area contributed by atoms with Crippen LogP contribution in [0.3, 0.4) is 0 Å². The Morgan fingerprint density at radius 3 is 2.41 bits per heavy atom. The third kappa shape index (κ3) is 1.62. The quantitative estimate of drug-likeness (QED) is 0.874. The van der Waals surface area contributed by atoms with Gasteiger partial charge in [-0.3, -0.25) is 4.79 Å². The molecule has 0 aromatic heterocycles. The van der Waals surface area contributed by atoms with Crippen molar-refractivity contribution in [2.75, 3.05) is 14.2 Å². The van der Waals surface area contributed by atoms with Crippen molar-refractivity contribution < 1.29 is 23.8 Å². The minimum Gasteiger partial charge on any atom is -0.493 e. The van der Waals surface area contributed by atoms with E-state index < -0.39 is 17.2 Å². The van der Waals surface area contributed by atoms with Gasteiger partial charge in [-0.1, -0.05) is 0 Å². The number of benzene rings is 1. The molecular formula is C12H13FO4. The van der Waals surface area contributed by atoms with E-state index in [-0.39, 0.29) is 11.3 Å². The highest BCUT2D eigenvalue weighted by Crippen LogP contribution is 2.54. The molecule has 0 amide bonds. The van der Waals surface area contributed by atoms with Crippen molar-refractivity contribution in [2.45, 2.75) is 18.3 Å². The molecule has 1 aliphatic rings.